The molecule has 0 saturated carbocycles. The molecule has 1 aromatic heterocycles. The molecule has 28 heavy (non-hydrogen) atoms. The molecule has 144 valence electrons. The van der Waals surface area contributed by atoms with Crippen molar-refractivity contribution in [3.8, 4) is 10.6 Å². The van der Waals surface area contributed by atoms with Gasteiger partial charge >= 0.3 is 5.97 Å². The molecule has 0 aliphatic heterocycles. The third-order valence-corrected chi connectivity index (χ3v) is 5.31. The molecule has 0 atom stereocenters. The van der Waals surface area contributed by atoms with Gasteiger partial charge in [0.1, 0.15) is 17.2 Å². The van der Waals surface area contributed by atoms with E-state index >= 15 is 0 Å². The summed E-state index contributed by atoms with van der Waals surface area (Å²) < 4.78 is 5.26. The molecule has 3 rings (SSSR count). The van der Waals surface area contributed by atoms with Gasteiger partial charge in [-0.2, -0.15) is 0 Å². The van der Waals surface area contributed by atoms with Crippen molar-refractivity contribution >= 4 is 23.0 Å². The van der Waals surface area contributed by atoms with E-state index in [0.717, 1.165) is 10.6 Å². The highest BCUT2D eigenvalue weighted by Crippen LogP contribution is 2.27. The first kappa shape index (κ1) is 19.7. The Bertz CT molecular complexity index is 1010. The summed E-state index contributed by atoms with van der Waals surface area (Å²) in [7, 11) is 0. The first-order valence-electron chi connectivity index (χ1n) is 8.82. The van der Waals surface area contributed by atoms with Gasteiger partial charge in [0.25, 0.3) is 5.69 Å². The molecule has 0 aliphatic rings. The summed E-state index contributed by atoms with van der Waals surface area (Å²) in [5.74, 6) is -0.266. The molecule has 0 saturated heterocycles. The zero-order chi connectivity index (χ0) is 20.3. The van der Waals surface area contributed by atoms with Crippen molar-refractivity contribution in [2.24, 2.45) is 0 Å². The topological polar surface area (TPSA) is 82.3 Å². The Hall–Kier alpha value is -3.06. The van der Waals surface area contributed by atoms with Crippen molar-refractivity contribution < 1.29 is 14.5 Å². The molecule has 2 aromatic carbocycles. The minimum atomic E-state index is -0.730. The highest BCUT2D eigenvalue weighted by atomic mass is 32.1. The van der Waals surface area contributed by atoms with Crippen molar-refractivity contribution in [1.82, 2.24) is 4.98 Å². The predicted molar refractivity (Wildman–Crippen MR) is 109 cm³/mol. The summed E-state index contributed by atoms with van der Waals surface area (Å²) in [4.78, 5) is 27.5. The molecule has 7 heteroatoms. The van der Waals surface area contributed by atoms with Crippen LogP contribution < -0.4 is 0 Å². The molecule has 0 N–H and O–H groups in total. The number of carbonyl (C=O) groups is 1. The maximum Gasteiger partial charge on any atom is 0.345 e. The number of aryl methyl sites for hydroxylation is 1. The van der Waals surface area contributed by atoms with Gasteiger partial charge in [0.2, 0.25) is 0 Å². The number of carbonyl (C=O) groups excluding carboxylic acids is 1. The Labute approximate surface area is 167 Å². The minimum Gasteiger partial charge on any atom is -0.455 e. The van der Waals surface area contributed by atoms with Crippen LogP contribution in [0.15, 0.2) is 47.8 Å². The normalized spacial score (nSPS) is 10.9. The number of nitro groups is 1. The quantitative estimate of drug-likeness (QED) is 0.312. The van der Waals surface area contributed by atoms with Crippen LogP contribution in [0.4, 0.5) is 5.69 Å². The molecule has 1 heterocycles. The van der Waals surface area contributed by atoms with E-state index < -0.39 is 10.9 Å². The second kappa shape index (κ2) is 8.31. The second-order valence-electron chi connectivity index (χ2n) is 6.73. The number of para-hydroxylation sites is 1. The Morgan fingerprint density at radius 2 is 1.93 bits per heavy atom. The standard InChI is InChI=1S/C21H20N2O4S/c1-13(2)15-7-9-16(10-8-15)20-22-17(12-28-20)11-27-21(24)18-6-4-5-14(3)19(18)23(25)26/h4-10,12-13H,11H2,1-3H3. The smallest absolute Gasteiger partial charge is 0.345 e. The van der Waals surface area contributed by atoms with Gasteiger partial charge in [0.15, 0.2) is 0 Å². The van der Waals surface area contributed by atoms with Gasteiger partial charge in [-0.1, -0.05) is 50.2 Å². The maximum atomic E-state index is 12.3. The molecule has 3 aromatic rings. The average Bonchev–Trinajstić information content (AvgIpc) is 3.14. The fourth-order valence-corrected chi connectivity index (χ4v) is 3.61. The Morgan fingerprint density at radius 1 is 1.21 bits per heavy atom. The number of aromatic nitrogens is 1. The van der Waals surface area contributed by atoms with Gasteiger partial charge < -0.3 is 4.74 Å². The molecule has 0 fully saturated rings. The Balaban J connectivity index is 1.70. The molecule has 0 aliphatic carbocycles. The fraction of sp³-hybridized carbons (Fsp3) is 0.238. The van der Waals surface area contributed by atoms with Gasteiger partial charge in [0, 0.05) is 16.5 Å². The Morgan fingerprint density at radius 3 is 2.57 bits per heavy atom. The highest BCUT2D eigenvalue weighted by Gasteiger charge is 2.23. The van der Waals surface area contributed by atoms with E-state index in [2.05, 4.69) is 31.0 Å². The monoisotopic (exact) mass is 396 g/mol. The van der Waals surface area contributed by atoms with Crippen molar-refractivity contribution in [2.75, 3.05) is 0 Å². The Kier molecular flexibility index (Phi) is 5.84. The van der Waals surface area contributed by atoms with Crippen molar-refractivity contribution in [3.63, 3.8) is 0 Å². The second-order valence-corrected chi connectivity index (χ2v) is 7.58. The molecule has 0 radical (unpaired) electrons. The summed E-state index contributed by atoms with van der Waals surface area (Å²) in [5, 5.41) is 13.9. The van der Waals surface area contributed by atoms with Crippen LogP contribution in [0.3, 0.4) is 0 Å². The number of rotatable bonds is 6. The predicted octanol–water partition coefficient (Wildman–Crippen LogP) is 5.51. The number of benzene rings is 2. The molecule has 0 unspecified atom stereocenters. The van der Waals surface area contributed by atoms with E-state index in [4.69, 9.17) is 4.74 Å². The highest BCUT2D eigenvalue weighted by molar-refractivity contribution is 7.13. The van der Waals surface area contributed by atoms with E-state index in [1.165, 1.54) is 23.0 Å². The zero-order valence-corrected chi connectivity index (χ0v) is 16.7. The molecule has 0 bridgehead atoms. The summed E-state index contributed by atoms with van der Waals surface area (Å²) in [6.07, 6.45) is 0. The first-order valence-corrected chi connectivity index (χ1v) is 9.70. The van der Waals surface area contributed by atoms with Gasteiger partial charge in [-0.3, -0.25) is 10.1 Å². The van der Waals surface area contributed by atoms with Crippen molar-refractivity contribution in [1.29, 1.82) is 0 Å². The third kappa shape index (κ3) is 4.26. The van der Waals surface area contributed by atoms with Crippen molar-refractivity contribution in [2.45, 2.75) is 33.3 Å². The SMILES string of the molecule is Cc1cccc(C(=O)OCc2csc(-c3ccc(C(C)C)cc3)n2)c1[N+](=O)[O-]. The van der Waals surface area contributed by atoms with E-state index in [9.17, 15) is 14.9 Å². The van der Waals surface area contributed by atoms with Crippen LogP contribution in [0.1, 0.15) is 46.9 Å². The van der Waals surface area contributed by atoms with Crippen LogP contribution in [0, 0.1) is 17.0 Å². The first-order chi connectivity index (χ1) is 13.4. The number of ether oxygens (including phenoxy) is 1. The lowest BCUT2D eigenvalue weighted by Crippen LogP contribution is -2.09. The number of esters is 1. The lowest BCUT2D eigenvalue weighted by atomic mass is 10.0. The summed E-state index contributed by atoms with van der Waals surface area (Å²) in [5.41, 5.74) is 3.01. The van der Waals surface area contributed by atoms with Crippen LogP contribution in [-0.2, 0) is 11.3 Å². The summed E-state index contributed by atoms with van der Waals surface area (Å²) in [6, 6.07) is 12.8. The summed E-state index contributed by atoms with van der Waals surface area (Å²) in [6.45, 7) is 5.84. The third-order valence-electron chi connectivity index (χ3n) is 4.37. The van der Waals surface area contributed by atoms with E-state index in [0.29, 0.717) is 17.2 Å². The molecular weight excluding hydrogens is 376 g/mol. The molecule has 6 nitrogen and oxygen atoms in total. The number of hydrogen-bond donors (Lipinski definition) is 0. The maximum absolute atomic E-state index is 12.3. The number of nitro benzene ring substituents is 1. The van der Waals surface area contributed by atoms with Gasteiger partial charge in [-0.05, 0) is 24.5 Å². The molecular formula is C21H20N2O4S. The molecule has 0 spiro atoms. The van der Waals surface area contributed by atoms with Crippen LogP contribution in [0.2, 0.25) is 0 Å². The fourth-order valence-electron chi connectivity index (χ4n) is 2.80. The van der Waals surface area contributed by atoms with E-state index in [-0.39, 0.29) is 17.9 Å². The zero-order valence-electron chi connectivity index (χ0n) is 15.8. The number of nitrogens with zero attached hydrogens (tertiary/aromatic N) is 2. The lowest BCUT2D eigenvalue weighted by molar-refractivity contribution is -0.385. The van der Waals surface area contributed by atoms with Crippen molar-refractivity contribution in [3.05, 3.63) is 80.3 Å². The van der Waals surface area contributed by atoms with Crippen LogP contribution >= 0.6 is 11.3 Å². The van der Waals surface area contributed by atoms with E-state index in [1.807, 2.05) is 17.5 Å². The van der Waals surface area contributed by atoms with Gasteiger partial charge in [-0.15, -0.1) is 11.3 Å². The lowest BCUT2D eigenvalue weighted by Gasteiger charge is -2.06. The minimum absolute atomic E-state index is 0.0372. The van der Waals surface area contributed by atoms with Gasteiger partial charge in [-0.25, -0.2) is 9.78 Å². The van der Waals surface area contributed by atoms with Crippen LogP contribution in [0.5, 0.6) is 0 Å². The van der Waals surface area contributed by atoms with Gasteiger partial charge in [0.05, 0.1) is 10.6 Å². The number of thiazole rings is 1. The average molecular weight is 396 g/mol. The van der Waals surface area contributed by atoms with E-state index in [1.54, 1.807) is 19.1 Å². The van der Waals surface area contributed by atoms with Crippen LogP contribution in [0.25, 0.3) is 10.6 Å². The largest absolute Gasteiger partial charge is 0.455 e. The number of hydrogen-bond acceptors (Lipinski definition) is 6. The molecule has 0 amide bonds. The summed E-state index contributed by atoms with van der Waals surface area (Å²) >= 11 is 1.46. The van der Waals surface area contributed by atoms with Crippen LogP contribution in [-0.4, -0.2) is 15.9 Å².